The van der Waals surface area contributed by atoms with Crippen LogP contribution in [0.2, 0.25) is 0 Å². The molecule has 11 atom stereocenters. The van der Waals surface area contributed by atoms with Crippen molar-refractivity contribution >= 4 is 16.0 Å². The van der Waals surface area contributed by atoms with E-state index < -0.39 is 21.9 Å². The fraction of sp³-hybridized carbons (Fsp3) is 0.788. The summed E-state index contributed by atoms with van der Waals surface area (Å²) < 4.78 is 32.7. The lowest BCUT2D eigenvalue weighted by Gasteiger charge is -2.62. The average molecular weight is 590 g/mol. The van der Waals surface area contributed by atoms with E-state index in [2.05, 4.69) is 26.1 Å². The van der Waals surface area contributed by atoms with E-state index in [9.17, 15) is 28.0 Å². The van der Waals surface area contributed by atoms with Crippen molar-refractivity contribution in [3.05, 3.63) is 35.9 Å². The predicted octanol–water partition coefficient (Wildman–Crippen LogP) is 5.01. The molecular weight excluding hydrogens is 538 g/mol. The maximum Gasteiger partial charge on any atom is 0.266 e. The smallest absolute Gasteiger partial charge is 0.266 e. The molecule has 4 fully saturated rings. The van der Waals surface area contributed by atoms with Gasteiger partial charge in [-0.15, -0.1) is 0 Å². The second kappa shape index (κ2) is 11.9. The first kappa shape index (κ1) is 31.0. The van der Waals surface area contributed by atoms with E-state index in [1.54, 1.807) is 0 Å². The van der Waals surface area contributed by atoms with Gasteiger partial charge in [0, 0.05) is 12.5 Å². The van der Waals surface area contributed by atoms with E-state index in [0.29, 0.717) is 48.9 Å². The predicted molar refractivity (Wildman–Crippen MR) is 160 cm³/mol. The molecule has 4 aliphatic carbocycles. The minimum atomic E-state index is -4.24. The van der Waals surface area contributed by atoms with Crippen molar-refractivity contribution in [1.29, 1.82) is 0 Å². The Morgan fingerprint density at radius 1 is 1.02 bits per heavy atom. The Labute approximate surface area is 246 Å². The van der Waals surface area contributed by atoms with Gasteiger partial charge in [-0.25, -0.2) is 0 Å². The maximum absolute atomic E-state index is 13.0. The third kappa shape index (κ3) is 6.27. The molecule has 0 saturated heterocycles. The zero-order valence-electron chi connectivity index (χ0n) is 25.0. The van der Waals surface area contributed by atoms with Crippen molar-refractivity contribution in [1.82, 2.24) is 5.32 Å². The number of carbonyl (C=O) groups is 1. The van der Waals surface area contributed by atoms with E-state index in [1.165, 1.54) is 12.8 Å². The van der Waals surface area contributed by atoms with Crippen molar-refractivity contribution in [2.24, 2.45) is 46.3 Å². The Hall–Kier alpha value is -1.48. The van der Waals surface area contributed by atoms with Gasteiger partial charge in [0.25, 0.3) is 10.1 Å². The summed E-state index contributed by atoms with van der Waals surface area (Å²) in [6.45, 7) is 6.97. The number of amides is 1. The molecule has 0 bridgehead atoms. The van der Waals surface area contributed by atoms with E-state index in [1.807, 2.05) is 30.3 Å². The lowest BCUT2D eigenvalue weighted by Crippen LogP contribution is -2.58. The SMILES string of the molecule is C[C@H](CCC(=O)N[C@H](Cc1ccccc1)CS(=O)(=O)O)[C@H]1CC[C@H]2[C@@H]3CC[C@@H]4C[C@H](O)CC[C@]4(C)[C@H]3C[C@H](O)[C@]12C. The highest BCUT2D eigenvalue weighted by Gasteiger charge is 2.63. The molecule has 5 rings (SSSR count). The Morgan fingerprint density at radius 2 is 1.76 bits per heavy atom. The summed E-state index contributed by atoms with van der Waals surface area (Å²) in [5.74, 6) is 2.08. The minimum absolute atomic E-state index is 0.157. The van der Waals surface area contributed by atoms with Crippen LogP contribution in [-0.2, 0) is 21.3 Å². The van der Waals surface area contributed by atoms with Crippen molar-refractivity contribution < 1.29 is 28.0 Å². The molecule has 41 heavy (non-hydrogen) atoms. The van der Waals surface area contributed by atoms with Crippen LogP contribution in [0.15, 0.2) is 30.3 Å². The van der Waals surface area contributed by atoms with Gasteiger partial charge in [-0.05, 0) is 116 Å². The number of fused-ring (bicyclic) bond motifs is 5. The lowest BCUT2D eigenvalue weighted by molar-refractivity contribution is -0.174. The number of aliphatic hydroxyl groups is 2. The molecule has 0 aliphatic heterocycles. The summed E-state index contributed by atoms with van der Waals surface area (Å²) in [5.41, 5.74) is 0.955. The molecule has 4 N–H and O–H groups in total. The fourth-order valence-corrected chi connectivity index (χ4v) is 11.0. The second-order valence-corrected chi connectivity index (χ2v) is 16.1. The van der Waals surface area contributed by atoms with Gasteiger partial charge in [0.15, 0.2) is 0 Å². The average Bonchev–Trinajstić information content (AvgIpc) is 3.27. The Morgan fingerprint density at radius 3 is 2.46 bits per heavy atom. The van der Waals surface area contributed by atoms with E-state index in [0.717, 1.165) is 44.1 Å². The minimum Gasteiger partial charge on any atom is -0.393 e. The largest absolute Gasteiger partial charge is 0.393 e. The van der Waals surface area contributed by atoms with Gasteiger partial charge in [-0.2, -0.15) is 8.42 Å². The highest BCUT2D eigenvalue weighted by atomic mass is 32.2. The maximum atomic E-state index is 13.0. The first-order chi connectivity index (χ1) is 19.3. The van der Waals surface area contributed by atoms with Crippen molar-refractivity contribution in [2.45, 2.75) is 110 Å². The Bertz CT molecular complexity index is 1180. The van der Waals surface area contributed by atoms with Gasteiger partial charge >= 0.3 is 0 Å². The first-order valence-electron chi connectivity index (χ1n) is 16.0. The normalized spacial score (nSPS) is 40.1. The molecule has 0 heterocycles. The monoisotopic (exact) mass is 589 g/mol. The number of hydrogen-bond acceptors (Lipinski definition) is 5. The molecule has 0 spiro atoms. The van der Waals surface area contributed by atoms with Crippen LogP contribution in [-0.4, -0.2) is 53.1 Å². The van der Waals surface area contributed by atoms with Crippen LogP contribution < -0.4 is 5.32 Å². The second-order valence-electron chi connectivity index (χ2n) is 14.6. The molecule has 230 valence electrons. The number of hydrogen-bond donors (Lipinski definition) is 4. The van der Waals surface area contributed by atoms with E-state index >= 15 is 0 Å². The third-order valence-corrected chi connectivity index (χ3v) is 13.3. The summed E-state index contributed by atoms with van der Waals surface area (Å²) >= 11 is 0. The summed E-state index contributed by atoms with van der Waals surface area (Å²) in [6.07, 6.45) is 9.07. The number of nitrogens with one attached hydrogen (secondary N) is 1. The van der Waals surface area contributed by atoms with Crippen LogP contribution in [0.25, 0.3) is 0 Å². The molecular formula is C33H51NO6S. The zero-order valence-corrected chi connectivity index (χ0v) is 25.9. The lowest BCUT2D eigenvalue weighted by atomic mass is 9.43. The third-order valence-electron chi connectivity index (χ3n) is 12.4. The van der Waals surface area contributed by atoms with Gasteiger partial charge in [-0.3, -0.25) is 9.35 Å². The summed E-state index contributed by atoms with van der Waals surface area (Å²) in [6, 6.07) is 8.68. The number of carbonyl (C=O) groups excluding carboxylic acids is 1. The molecule has 1 aromatic carbocycles. The zero-order chi connectivity index (χ0) is 29.6. The Kier molecular flexibility index (Phi) is 8.98. The van der Waals surface area contributed by atoms with Gasteiger partial charge in [0.05, 0.1) is 18.0 Å². The highest BCUT2D eigenvalue weighted by molar-refractivity contribution is 7.85. The van der Waals surface area contributed by atoms with E-state index in [4.69, 9.17) is 0 Å². The number of rotatable bonds is 9. The van der Waals surface area contributed by atoms with Crippen LogP contribution in [0.5, 0.6) is 0 Å². The molecule has 0 radical (unpaired) electrons. The summed E-state index contributed by atoms with van der Waals surface area (Å²) in [7, 11) is -4.24. The van der Waals surface area contributed by atoms with Crippen LogP contribution in [0.3, 0.4) is 0 Å². The molecule has 7 nitrogen and oxygen atoms in total. The molecule has 8 heteroatoms. The topological polar surface area (TPSA) is 124 Å². The molecule has 0 aromatic heterocycles. The van der Waals surface area contributed by atoms with Gasteiger partial charge in [0.1, 0.15) is 0 Å². The van der Waals surface area contributed by atoms with Gasteiger partial charge in [-0.1, -0.05) is 51.1 Å². The van der Waals surface area contributed by atoms with Crippen LogP contribution in [0.4, 0.5) is 0 Å². The van der Waals surface area contributed by atoms with Crippen molar-refractivity contribution in [2.75, 3.05) is 5.75 Å². The van der Waals surface area contributed by atoms with E-state index in [-0.39, 0.29) is 34.9 Å². The van der Waals surface area contributed by atoms with Crippen molar-refractivity contribution in [3.8, 4) is 0 Å². The van der Waals surface area contributed by atoms with Gasteiger partial charge < -0.3 is 15.5 Å². The molecule has 0 unspecified atom stereocenters. The number of benzene rings is 1. The Balaban J connectivity index is 1.21. The molecule has 1 aromatic rings. The summed E-state index contributed by atoms with van der Waals surface area (Å²) in [4.78, 5) is 13.0. The quantitative estimate of drug-likeness (QED) is 0.300. The fourth-order valence-electron chi connectivity index (χ4n) is 10.3. The van der Waals surface area contributed by atoms with Crippen LogP contribution in [0, 0.1) is 46.3 Å². The van der Waals surface area contributed by atoms with Crippen LogP contribution >= 0.6 is 0 Å². The van der Waals surface area contributed by atoms with Crippen molar-refractivity contribution in [3.63, 3.8) is 0 Å². The standard InChI is InChI=1S/C33H51NO6S/c1-21(9-14-31(37)34-24(20-41(38,39)40)17-22-7-5-4-6-8-22)27-12-13-28-26-11-10-23-18-25(35)15-16-32(23,2)29(26)19-30(36)33(27,28)3/h4-8,21,23-30,35-36H,9-20H2,1-3H3,(H,34,37)(H,38,39,40)/t21-,23-,24-,25-,26+,27-,28+,29+,30+,32+,33-/m1/s1. The first-order valence-corrected chi connectivity index (χ1v) is 17.6. The molecule has 4 saturated carbocycles. The summed E-state index contributed by atoms with van der Waals surface area (Å²) in [5, 5.41) is 25.0. The molecule has 1 amide bonds. The van der Waals surface area contributed by atoms with Crippen LogP contribution in [0.1, 0.15) is 90.5 Å². The number of aliphatic hydroxyl groups excluding tert-OH is 2. The molecule has 4 aliphatic rings. The van der Waals surface area contributed by atoms with Gasteiger partial charge in [0.2, 0.25) is 5.91 Å². The highest BCUT2D eigenvalue weighted by Crippen LogP contribution is 2.68.